The highest BCUT2D eigenvalue weighted by Gasteiger charge is 2.24. The summed E-state index contributed by atoms with van der Waals surface area (Å²) in [5, 5.41) is 5.27. The van der Waals surface area contributed by atoms with Crippen molar-refractivity contribution in [3.8, 4) is 5.75 Å². The molecule has 0 atom stereocenters. The number of rotatable bonds is 3. The van der Waals surface area contributed by atoms with Gasteiger partial charge in [-0.15, -0.1) is 0 Å². The molecule has 0 radical (unpaired) electrons. The minimum atomic E-state index is -3.91. The minimum Gasteiger partial charge on any atom is -0.379 e. The number of anilines is 1. The van der Waals surface area contributed by atoms with E-state index in [2.05, 4.69) is 25.2 Å². The summed E-state index contributed by atoms with van der Waals surface area (Å²) in [6, 6.07) is 17.9. The predicted octanol–water partition coefficient (Wildman–Crippen LogP) is 5.21. The molecule has 3 aromatic carbocycles. The van der Waals surface area contributed by atoms with E-state index in [0.29, 0.717) is 5.75 Å². The summed E-state index contributed by atoms with van der Waals surface area (Å²) in [6.45, 7) is 6.20. The van der Waals surface area contributed by atoms with Gasteiger partial charge in [0.25, 0.3) is 0 Å². The monoisotopic (exact) mass is 379 g/mol. The Labute approximate surface area is 159 Å². The van der Waals surface area contributed by atoms with Crippen molar-refractivity contribution < 1.29 is 12.6 Å². The summed E-state index contributed by atoms with van der Waals surface area (Å²) in [5.74, 6) is 0.302. The SMILES string of the molecule is CC1=CC(C)(C)Nc2ccc(OS(=O)(=O)c3ccc4ccccc4c3)cc21. The van der Waals surface area contributed by atoms with Crippen LogP contribution in [0.3, 0.4) is 0 Å². The fourth-order valence-corrected chi connectivity index (χ4v) is 4.47. The minimum absolute atomic E-state index is 0.142. The largest absolute Gasteiger partial charge is 0.379 e. The third-order valence-electron chi connectivity index (χ3n) is 4.67. The summed E-state index contributed by atoms with van der Waals surface area (Å²) in [4.78, 5) is 0.144. The smallest absolute Gasteiger partial charge is 0.339 e. The summed E-state index contributed by atoms with van der Waals surface area (Å²) in [7, 11) is -3.91. The van der Waals surface area contributed by atoms with Crippen LogP contribution in [0, 0.1) is 0 Å². The van der Waals surface area contributed by atoms with Crippen LogP contribution in [0.1, 0.15) is 26.3 Å². The van der Waals surface area contributed by atoms with Gasteiger partial charge in [-0.05, 0) is 67.4 Å². The Morgan fingerprint density at radius 2 is 1.67 bits per heavy atom. The molecule has 138 valence electrons. The Bertz CT molecular complexity index is 1180. The Hall–Kier alpha value is -2.79. The van der Waals surface area contributed by atoms with Crippen LogP contribution in [0.5, 0.6) is 5.75 Å². The lowest BCUT2D eigenvalue weighted by molar-refractivity contribution is 0.486. The molecule has 27 heavy (non-hydrogen) atoms. The molecule has 1 heterocycles. The van der Waals surface area contributed by atoms with Gasteiger partial charge >= 0.3 is 10.1 Å². The highest BCUT2D eigenvalue weighted by Crippen LogP contribution is 2.36. The Kier molecular flexibility index (Phi) is 4.00. The Morgan fingerprint density at radius 1 is 0.926 bits per heavy atom. The second kappa shape index (κ2) is 6.13. The number of hydrogen-bond donors (Lipinski definition) is 1. The quantitative estimate of drug-likeness (QED) is 0.634. The van der Waals surface area contributed by atoms with E-state index < -0.39 is 10.1 Å². The lowest BCUT2D eigenvalue weighted by Gasteiger charge is -2.31. The fraction of sp³-hybridized carbons (Fsp3) is 0.182. The molecule has 0 fully saturated rings. The van der Waals surface area contributed by atoms with Crippen LogP contribution in [0.2, 0.25) is 0 Å². The van der Waals surface area contributed by atoms with Gasteiger partial charge in [-0.2, -0.15) is 8.42 Å². The van der Waals surface area contributed by atoms with Crippen LogP contribution in [0.15, 0.2) is 71.6 Å². The molecule has 3 aromatic rings. The van der Waals surface area contributed by atoms with Gasteiger partial charge in [0.15, 0.2) is 0 Å². The molecule has 0 unspecified atom stereocenters. The van der Waals surface area contributed by atoms with Gasteiger partial charge < -0.3 is 9.50 Å². The molecule has 1 aliphatic rings. The first-order chi connectivity index (χ1) is 12.7. The van der Waals surface area contributed by atoms with Crippen molar-refractivity contribution in [2.24, 2.45) is 0 Å². The summed E-state index contributed by atoms with van der Waals surface area (Å²) >= 11 is 0. The fourth-order valence-electron chi connectivity index (χ4n) is 3.51. The highest BCUT2D eigenvalue weighted by molar-refractivity contribution is 7.87. The molecular weight excluding hydrogens is 358 g/mol. The molecule has 0 aromatic heterocycles. The molecule has 0 bridgehead atoms. The number of allylic oxidation sites excluding steroid dienone is 1. The second-order valence-corrected chi connectivity index (χ2v) is 8.97. The first kappa shape index (κ1) is 17.6. The molecular formula is C22H21NO3S. The second-order valence-electron chi connectivity index (χ2n) is 7.43. The lowest BCUT2D eigenvalue weighted by atomic mass is 9.91. The molecule has 0 saturated heterocycles. The van der Waals surface area contributed by atoms with Crippen molar-refractivity contribution in [2.75, 3.05) is 5.32 Å². The molecule has 0 spiro atoms. The number of benzene rings is 3. The van der Waals surface area contributed by atoms with E-state index in [1.165, 1.54) is 0 Å². The van der Waals surface area contributed by atoms with Crippen molar-refractivity contribution in [3.05, 3.63) is 72.3 Å². The zero-order chi connectivity index (χ0) is 19.2. The molecule has 1 aliphatic heterocycles. The van der Waals surface area contributed by atoms with Gasteiger partial charge in [-0.25, -0.2) is 0 Å². The summed E-state index contributed by atoms with van der Waals surface area (Å²) in [6.07, 6.45) is 2.12. The van der Waals surface area contributed by atoms with Crippen molar-refractivity contribution in [1.29, 1.82) is 0 Å². The van der Waals surface area contributed by atoms with Crippen molar-refractivity contribution in [1.82, 2.24) is 0 Å². The zero-order valence-corrected chi connectivity index (χ0v) is 16.3. The molecule has 0 aliphatic carbocycles. The van der Waals surface area contributed by atoms with Crippen molar-refractivity contribution >= 4 is 32.2 Å². The zero-order valence-electron chi connectivity index (χ0n) is 15.5. The summed E-state index contributed by atoms with van der Waals surface area (Å²) < 4.78 is 30.9. The molecule has 0 saturated carbocycles. The van der Waals surface area contributed by atoms with Gasteiger partial charge in [0.05, 0.1) is 5.54 Å². The Balaban J connectivity index is 1.68. The standard InChI is InChI=1S/C22H21NO3S/c1-15-14-22(2,3)23-21-11-9-18(13-20(15)21)26-27(24,25)19-10-8-16-6-4-5-7-17(16)12-19/h4-14,23H,1-3H3. The van der Waals surface area contributed by atoms with Gasteiger partial charge in [0, 0.05) is 11.3 Å². The van der Waals surface area contributed by atoms with Crippen LogP contribution in [-0.4, -0.2) is 14.0 Å². The topological polar surface area (TPSA) is 55.4 Å². The number of nitrogens with one attached hydrogen (secondary N) is 1. The maximum Gasteiger partial charge on any atom is 0.339 e. The average molecular weight is 379 g/mol. The van der Waals surface area contributed by atoms with Crippen molar-refractivity contribution in [2.45, 2.75) is 31.2 Å². The normalized spacial score (nSPS) is 15.6. The Morgan fingerprint density at radius 3 is 2.44 bits per heavy atom. The van der Waals surface area contributed by atoms with E-state index in [4.69, 9.17) is 4.18 Å². The van der Waals surface area contributed by atoms with Gasteiger partial charge in [0.2, 0.25) is 0 Å². The van der Waals surface area contributed by atoms with Crippen LogP contribution in [0.25, 0.3) is 16.3 Å². The number of fused-ring (bicyclic) bond motifs is 2. The predicted molar refractivity (Wildman–Crippen MR) is 110 cm³/mol. The van der Waals surface area contributed by atoms with E-state index in [9.17, 15) is 8.42 Å². The number of hydrogen-bond acceptors (Lipinski definition) is 4. The highest BCUT2D eigenvalue weighted by atomic mass is 32.2. The molecule has 1 N–H and O–H groups in total. The lowest BCUT2D eigenvalue weighted by Crippen LogP contribution is -2.31. The molecule has 0 amide bonds. The van der Waals surface area contributed by atoms with E-state index in [1.807, 2.05) is 37.3 Å². The molecule has 5 heteroatoms. The maximum absolute atomic E-state index is 12.7. The van der Waals surface area contributed by atoms with Crippen molar-refractivity contribution in [3.63, 3.8) is 0 Å². The van der Waals surface area contributed by atoms with E-state index in [1.54, 1.807) is 30.3 Å². The third kappa shape index (κ3) is 3.43. The van der Waals surface area contributed by atoms with E-state index in [-0.39, 0.29) is 10.4 Å². The van der Waals surface area contributed by atoms with Crippen LogP contribution in [0.4, 0.5) is 5.69 Å². The van der Waals surface area contributed by atoms with Gasteiger partial charge in [-0.3, -0.25) is 0 Å². The third-order valence-corrected chi connectivity index (χ3v) is 5.91. The van der Waals surface area contributed by atoms with Gasteiger partial charge in [0.1, 0.15) is 10.6 Å². The van der Waals surface area contributed by atoms with Gasteiger partial charge in [-0.1, -0.05) is 36.4 Å². The average Bonchev–Trinajstić information content (AvgIpc) is 2.61. The van der Waals surface area contributed by atoms with E-state index >= 15 is 0 Å². The van der Waals surface area contributed by atoms with Crippen LogP contribution < -0.4 is 9.50 Å². The maximum atomic E-state index is 12.7. The molecule has 4 rings (SSSR count). The summed E-state index contributed by atoms with van der Waals surface area (Å²) in [5.41, 5.74) is 2.86. The first-order valence-corrected chi connectivity index (χ1v) is 10.2. The van der Waals surface area contributed by atoms with Crippen LogP contribution in [-0.2, 0) is 10.1 Å². The first-order valence-electron chi connectivity index (χ1n) is 8.79. The van der Waals surface area contributed by atoms with Crippen LogP contribution >= 0.6 is 0 Å². The van der Waals surface area contributed by atoms with E-state index in [0.717, 1.165) is 27.6 Å². The molecule has 4 nitrogen and oxygen atoms in total.